The predicted molar refractivity (Wildman–Crippen MR) is 112 cm³/mol. The van der Waals surface area contributed by atoms with Crippen LogP contribution in [0.1, 0.15) is 23.7 Å². The molecule has 1 aromatic heterocycles. The number of hydrogen-bond donors (Lipinski definition) is 1. The van der Waals surface area contributed by atoms with Crippen LogP contribution in [-0.4, -0.2) is 35.1 Å². The van der Waals surface area contributed by atoms with Crippen LogP contribution in [0.4, 0.5) is 0 Å². The number of ether oxygens (including phenoxy) is 2. The number of aromatic amines is 1. The molecule has 0 unspecified atom stereocenters. The SMILES string of the molecule is CCOc1c(CN2CCc3c(nc(-c4ccccc4)[nH]c3=O)C2)cccc1OC. The molecule has 1 N–H and O–H groups in total. The third kappa shape index (κ3) is 4.03. The zero-order chi connectivity index (χ0) is 20.2. The summed E-state index contributed by atoms with van der Waals surface area (Å²) in [5.74, 6) is 2.14. The molecular weight excluding hydrogens is 366 g/mol. The second kappa shape index (κ2) is 8.49. The topological polar surface area (TPSA) is 67.5 Å². The van der Waals surface area contributed by atoms with Crippen molar-refractivity contribution in [3.05, 3.63) is 75.7 Å². The van der Waals surface area contributed by atoms with E-state index in [4.69, 9.17) is 14.5 Å². The first-order valence-corrected chi connectivity index (χ1v) is 9.88. The zero-order valence-electron chi connectivity index (χ0n) is 16.8. The Morgan fingerprint density at radius 1 is 1.14 bits per heavy atom. The van der Waals surface area contributed by atoms with Gasteiger partial charge in [0.15, 0.2) is 11.5 Å². The summed E-state index contributed by atoms with van der Waals surface area (Å²) in [6.07, 6.45) is 0.681. The first kappa shape index (κ1) is 19.2. The van der Waals surface area contributed by atoms with Crippen LogP contribution < -0.4 is 15.0 Å². The van der Waals surface area contributed by atoms with Crippen molar-refractivity contribution >= 4 is 0 Å². The van der Waals surface area contributed by atoms with Crippen molar-refractivity contribution in [3.8, 4) is 22.9 Å². The van der Waals surface area contributed by atoms with Gasteiger partial charge in [-0.1, -0.05) is 42.5 Å². The molecule has 0 bridgehead atoms. The molecule has 150 valence electrons. The molecule has 4 rings (SSSR count). The van der Waals surface area contributed by atoms with Crippen molar-refractivity contribution in [2.75, 3.05) is 20.3 Å². The summed E-state index contributed by atoms with van der Waals surface area (Å²) >= 11 is 0. The summed E-state index contributed by atoms with van der Waals surface area (Å²) in [6, 6.07) is 15.7. The number of nitrogens with zero attached hydrogens (tertiary/aromatic N) is 2. The minimum atomic E-state index is -0.0371. The van der Waals surface area contributed by atoms with E-state index in [-0.39, 0.29) is 5.56 Å². The maximum atomic E-state index is 12.6. The molecule has 6 nitrogen and oxygen atoms in total. The number of para-hydroxylation sites is 1. The average Bonchev–Trinajstić information content (AvgIpc) is 2.75. The standard InChI is InChI=1S/C23H25N3O3/c1-3-29-21-17(10-7-11-20(21)28-2)14-26-13-12-18-19(15-26)24-22(25-23(18)27)16-8-5-4-6-9-16/h4-11H,3,12-15H2,1-2H3,(H,24,25,27). The van der Waals surface area contributed by atoms with Crippen molar-refractivity contribution in [1.29, 1.82) is 0 Å². The number of hydrogen-bond acceptors (Lipinski definition) is 5. The van der Waals surface area contributed by atoms with E-state index in [0.717, 1.165) is 40.4 Å². The molecule has 2 aromatic carbocycles. The maximum Gasteiger partial charge on any atom is 0.254 e. The highest BCUT2D eigenvalue weighted by Crippen LogP contribution is 2.32. The molecule has 0 amide bonds. The Kier molecular flexibility index (Phi) is 5.62. The molecular formula is C23H25N3O3. The highest BCUT2D eigenvalue weighted by atomic mass is 16.5. The summed E-state index contributed by atoms with van der Waals surface area (Å²) in [5.41, 5.74) is 3.58. The second-order valence-electron chi connectivity index (χ2n) is 7.05. The van der Waals surface area contributed by atoms with Gasteiger partial charge in [-0.05, 0) is 19.4 Å². The lowest BCUT2D eigenvalue weighted by molar-refractivity contribution is 0.232. The molecule has 0 spiro atoms. The van der Waals surface area contributed by atoms with Crippen LogP contribution in [0.5, 0.6) is 11.5 Å². The molecule has 29 heavy (non-hydrogen) atoms. The summed E-state index contributed by atoms with van der Waals surface area (Å²) in [6.45, 7) is 4.68. The lowest BCUT2D eigenvalue weighted by atomic mass is 10.0. The van der Waals surface area contributed by atoms with Crippen LogP contribution in [-0.2, 0) is 19.5 Å². The molecule has 0 saturated heterocycles. The first-order valence-electron chi connectivity index (χ1n) is 9.88. The molecule has 0 atom stereocenters. The minimum absolute atomic E-state index is 0.0371. The van der Waals surface area contributed by atoms with Gasteiger partial charge in [0.05, 0.1) is 19.4 Å². The van der Waals surface area contributed by atoms with Crippen LogP contribution in [0.3, 0.4) is 0 Å². The Morgan fingerprint density at radius 3 is 2.72 bits per heavy atom. The monoisotopic (exact) mass is 391 g/mol. The minimum Gasteiger partial charge on any atom is -0.493 e. The number of fused-ring (bicyclic) bond motifs is 1. The molecule has 0 radical (unpaired) electrons. The van der Waals surface area contributed by atoms with Crippen LogP contribution in [0.15, 0.2) is 53.3 Å². The fourth-order valence-electron chi connectivity index (χ4n) is 3.76. The van der Waals surface area contributed by atoms with Gasteiger partial charge < -0.3 is 14.5 Å². The largest absolute Gasteiger partial charge is 0.493 e. The van der Waals surface area contributed by atoms with Gasteiger partial charge in [-0.3, -0.25) is 9.69 Å². The van der Waals surface area contributed by atoms with Gasteiger partial charge in [0, 0.05) is 36.3 Å². The molecule has 1 aliphatic heterocycles. The lowest BCUT2D eigenvalue weighted by Crippen LogP contribution is -2.35. The van der Waals surface area contributed by atoms with E-state index in [0.29, 0.717) is 31.9 Å². The van der Waals surface area contributed by atoms with E-state index < -0.39 is 0 Å². The fourth-order valence-corrected chi connectivity index (χ4v) is 3.76. The highest BCUT2D eigenvalue weighted by Gasteiger charge is 2.23. The van der Waals surface area contributed by atoms with Gasteiger partial charge in [0.25, 0.3) is 5.56 Å². The molecule has 0 aliphatic carbocycles. The molecule has 1 aliphatic rings. The molecule has 6 heteroatoms. The van der Waals surface area contributed by atoms with Crippen molar-refractivity contribution in [2.45, 2.75) is 26.4 Å². The number of nitrogens with one attached hydrogen (secondary N) is 1. The summed E-state index contributed by atoms with van der Waals surface area (Å²) in [5, 5.41) is 0. The predicted octanol–water partition coefficient (Wildman–Crippen LogP) is 3.40. The number of H-pyrrole nitrogens is 1. The van der Waals surface area contributed by atoms with Crippen molar-refractivity contribution in [2.24, 2.45) is 0 Å². The second-order valence-corrected chi connectivity index (χ2v) is 7.05. The number of aromatic nitrogens is 2. The summed E-state index contributed by atoms with van der Waals surface area (Å²) < 4.78 is 11.3. The molecule has 2 heterocycles. The molecule has 0 fully saturated rings. The average molecular weight is 391 g/mol. The highest BCUT2D eigenvalue weighted by molar-refractivity contribution is 5.55. The summed E-state index contributed by atoms with van der Waals surface area (Å²) in [4.78, 5) is 22.6. The Morgan fingerprint density at radius 2 is 1.97 bits per heavy atom. The molecule has 3 aromatic rings. The van der Waals surface area contributed by atoms with E-state index in [1.165, 1.54) is 0 Å². The van der Waals surface area contributed by atoms with Crippen LogP contribution in [0.2, 0.25) is 0 Å². The van der Waals surface area contributed by atoms with Gasteiger partial charge in [-0.25, -0.2) is 4.98 Å². The zero-order valence-corrected chi connectivity index (χ0v) is 16.8. The number of methoxy groups -OCH3 is 1. The van der Waals surface area contributed by atoms with Gasteiger partial charge in [-0.2, -0.15) is 0 Å². The van der Waals surface area contributed by atoms with E-state index in [2.05, 4.69) is 16.0 Å². The van der Waals surface area contributed by atoms with Crippen molar-refractivity contribution in [1.82, 2.24) is 14.9 Å². The van der Waals surface area contributed by atoms with Crippen LogP contribution in [0, 0.1) is 0 Å². The third-order valence-corrected chi connectivity index (χ3v) is 5.16. The number of rotatable bonds is 6. The van der Waals surface area contributed by atoms with Crippen molar-refractivity contribution in [3.63, 3.8) is 0 Å². The van der Waals surface area contributed by atoms with E-state index in [1.54, 1.807) is 7.11 Å². The van der Waals surface area contributed by atoms with Gasteiger partial charge >= 0.3 is 0 Å². The summed E-state index contributed by atoms with van der Waals surface area (Å²) in [7, 11) is 1.65. The van der Waals surface area contributed by atoms with Crippen LogP contribution >= 0.6 is 0 Å². The molecule has 0 saturated carbocycles. The Bertz CT molecular complexity index is 1050. The lowest BCUT2D eigenvalue weighted by Gasteiger charge is -2.28. The fraction of sp³-hybridized carbons (Fsp3) is 0.304. The van der Waals surface area contributed by atoms with Crippen LogP contribution in [0.25, 0.3) is 11.4 Å². The number of benzene rings is 2. The third-order valence-electron chi connectivity index (χ3n) is 5.16. The Balaban J connectivity index is 1.61. The van der Waals surface area contributed by atoms with E-state index in [1.807, 2.05) is 49.4 Å². The van der Waals surface area contributed by atoms with E-state index in [9.17, 15) is 4.79 Å². The van der Waals surface area contributed by atoms with E-state index >= 15 is 0 Å². The normalized spacial score (nSPS) is 13.7. The van der Waals surface area contributed by atoms with Gasteiger partial charge in [0.1, 0.15) is 5.82 Å². The first-order chi connectivity index (χ1) is 14.2. The van der Waals surface area contributed by atoms with Gasteiger partial charge in [-0.15, -0.1) is 0 Å². The Labute approximate surface area is 170 Å². The maximum absolute atomic E-state index is 12.6. The Hall–Kier alpha value is -3.12. The quantitative estimate of drug-likeness (QED) is 0.698. The van der Waals surface area contributed by atoms with Gasteiger partial charge in [0.2, 0.25) is 0 Å². The smallest absolute Gasteiger partial charge is 0.254 e. The van der Waals surface area contributed by atoms with Crippen molar-refractivity contribution < 1.29 is 9.47 Å².